The largest absolute Gasteiger partial charge is 0.445 e. The van der Waals surface area contributed by atoms with Gasteiger partial charge in [0, 0.05) is 25.1 Å². The summed E-state index contributed by atoms with van der Waals surface area (Å²) in [7, 11) is 0. The first-order chi connectivity index (χ1) is 12.2. The number of terminal acetylenes is 1. The molecule has 2 aromatic carbocycles. The Morgan fingerprint density at radius 3 is 2.52 bits per heavy atom. The summed E-state index contributed by atoms with van der Waals surface area (Å²) in [6, 6.07) is 16.7. The lowest BCUT2D eigenvalue weighted by Crippen LogP contribution is -2.24. The Kier molecular flexibility index (Phi) is 7.08. The zero-order valence-corrected chi connectivity index (χ0v) is 13.8. The molecule has 0 atom stereocenters. The van der Waals surface area contributed by atoms with Gasteiger partial charge < -0.3 is 15.4 Å². The van der Waals surface area contributed by atoms with Crippen molar-refractivity contribution in [2.45, 2.75) is 26.0 Å². The van der Waals surface area contributed by atoms with Crippen LogP contribution in [0.3, 0.4) is 0 Å². The highest BCUT2D eigenvalue weighted by atomic mass is 16.5. The summed E-state index contributed by atoms with van der Waals surface area (Å²) in [5.41, 5.74) is 2.35. The smallest absolute Gasteiger partial charge is 0.407 e. The normalized spacial score (nSPS) is 9.72. The Bertz CT molecular complexity index is 751. The zero-order valence-electron chi connectivity index (χ0n) is 13.8. The van der Waals surface area contributed by atoms with Crippen molar-refractivity contribution in [3.63, 3.8) is 0 Å². The number of amides is 2. The molecule has 0 saturated heterocycles. The third-order valence-corrected chi connectivity index (χ3v) is 3.42. The minimum Gasteiger partial charge on any atom is -0.445 e. The summed E-state index contributed by atoms with van der Waals surface area (Å²) in [6.07, 6.45) is 5.29. The van der Waals surface area contributed by atoms with Gasteiger partial charge in [-0.3, -0.25) is 4.79 Å². The molecule has 0 unspecified atom stereocenters. The molecular weight excluding hydrogens is 316 g/mol. The molecule has 2 rings (SSSR count). The molecule has 0 aliphatic rings. The standard InChI is InChI=1S/C20H20N2O3/c1-2-3-13-19(23)22-18-12-8-7-11-17(18)14-21-20(24)25-15-16-9-5-4-6-10-16/h1,4-12H,3,13-15H2,(H,21,24)(H,22,23). The Balaban J connectivity index is 1.84. The summed E-state index contributed by atoms with van der Waals surface area (Å²) < 4.78 is 5.16. The number of ether oxygens (including phenoxy) is 1. The average molecular weight is 336 g/mol. The van der Waals surface area contributed by atoms with Gasteiger partial charge in [-0.25, -0.2) is 4.79 Å². The Hall–Kier alpha value is -3.26. The Morgan fingerprint density at radius 1 is 1.04 bits per heavy atom. The number of hydrogen-bond acceptors (Lipinski definition) is 3. The van der Waals surface area contributed by atoms with Gasteiger partial charge in [-0.2, -0.15) is 0 Å². The fourth-order valence-corrected chi connectivity index (χ4v) is 2.14. The van der Waals surface area contributed by atoms with Gasteiger partial charge in [0.15, 0.2) is 0 Å². The molecule has 5 nitrogen and oxygen atoms in total. The number of carbonyl (C=O) groups is 2. The molecule has 0 radical (unpaired) electrons. The van der Waals surface area contributed by atoms with Crippen molar-refractivity contribution in [1.82, 2.24) is 5.32 Å². The SMILES string of the molecule is C#CCCC(=O)Nc1ccccc1CNC(=O)OCc1ccccc1. The van der Waals surface area contributed by atoms with Crippen LogP contribution >= 0.6 is 0 Å². The number of carbonyl (C=O) groups excluding carboxylic acids is 2. The van der Waals surface area contributed by atoms with E-state index in [0.717, 1.165) is 11.1 Å². The highest BCUT2D eigenvalue weighted by Gasteiger charge is 2.08. The van der Waals surface area contributed by atoms with Crippen molar-refractivity contribution < 1.29 is 14.3 Å². The predicted molar refractivity (Wildman–Crippen MR) is 96.6 cm³/mol. The van der Waals surface area contributed by atoms with Gasteiger partial charge in [-0.1, -0.05) is 48.5 Å². The van der Waals surface area contributed by atoms with Crippen LogP contribution in [0.1, 0.15) is 24.0 Å². The van der Waals surface area contributed by atoms with Gasteiger partial charge in [-0.15, -0.1) is 12.3 Å². The average Bonchev–Trinajstić information content (AvgIpc) is 2.65. The van der Waals surface area contributed by atoms with E-state index in [2.05, 4.69) is 16.6 Å². The van der Waals surface area contributed by atoms with Crippen LogP contribution in [0.2, 0.25) is 0 Å². The number of para-hydroxylation sites is 1. The van der Waals surface area contributed by atoms with Crippen molar-refractivity contribution >= 4 is 17.7 Å². The quantitative estimate of drug-likeness (QED) is 0.761. The number of hydrogen-bond donors (Lipinski definition) is 2. The van der Waals surface area contributed by atoms with E-state index in [1.165, 1.54) is 0 Å². The molecule has 0 fully saturated rings. The van der Waals surface area contributed by atoms with Crippen LogP contribution in [0.5, 0.6) is 0 Å². The van der Waals surface area contributed by atoms with Crippen molar-refractivity contribution in [3.8, 4) is 12.3 Å². The first-order valence-corrected chi connectivity index (χ1v) is 7.95. The monoisotopic (exact) mass is 336 g/mol. The molecule has 128 valence electrons. The van der Waals surface area contributed by atoms with E-state index in [9.17, 15) is 9.59 Å². The van der Waals surface area contributed by atoms with E-state index >= 15 is 0 Å². The lowest BCUT2D eigenvalue weighted by atomic mass is 10.1. The van der Waals surface area contributed by atoms with Crippen LogP contribution < -0.4 is 10.6 Å². The maximum absolute atomic E-state index is 11.8. The van der Waals surface area contributed by atoms with Crippen molar-refractivity contribution in [1.29, 1.82) is 0 Å². The second-order valence-electron chi connectivity index (χ2n) is 5.32. The summed E-state index contributed by atoms with van der Waals surface area (Å²) in [6.45, 7) is 0.455. The molecule has 2 N–H and O–H groups in total. The van der Waals surface area contributed by atoms with Gasteiger partial charge >= 0.3 is 6.09 Å². The lowest BCUT2D eigenvalue weighted by Gasteiger charge is -2.12. The number of nitrogens with one attached hydrogen (secondary N) is 2. The number of rotatable bonds is 7. The van der Waals surface area contributed by atoms with Crippen LogP contribution in [0, 0.1) is 12.3 Å². The molecule has 25 heavy (non-hydrogen) atoms. The second kappa shape index (κ2) is 9.78. The number of anilines is 1. The first-order valence-electron chi connectivity index (χ1n) is 7.95. The van der Waals surface area contributed by atoms with Crippen LogP contribution in [-0.4, -0.2) is 12.0 Å². The fraction of sp³-hybridized carbons (Fsp3) is 0.200. The van der Waals surface area contributed by atoms with E-state index < -0.39 is 6.09 Å². The van der Waals surface area contributed by atoms with Gasteiger partial charge in [0.25, 0.3) is 0 Å². The Labute approximate surface area is 147 Å². The van der Waals surface area contributed by atoms with Gasteiger partial charge in [0.05, 0.1) is 0 Å². The molecule has 0 saturated carbocycles. The third kappa shape index (κ3) is 6.40. The van der Waals surface area contributed by atoms with E-state index in [-0.39, 0.29) is 25.5 Å². The summed E-state index contributed by atoms with van der Waals surface area (Å²) in [5.74, 6) is 2.28. The van der Waals surface area contributed by atoms with E-state index in [1.54, 1.807) is 6.07 Å². The molecule has 2 amide bonds. The summed E-state index contributed by atoms with van der Waals surface area (Å²) in [4.78, 5) is 23.6. The second-order valence-corrected chi connectivity index (χ2v) is 5.32. The molecule has 2 aromatic rings. The molecule has 0 bridgehead atoms. The van der Waals surface area contributed by atoms with E-state index in [0.29, 0.717) is 12.1 Å². The summed E-state index contributed by atoms with van der Waals surface area (Å²) >= 11 is 0. The van der Waals surface area contributed by atoms with Gasteiger partial charge in [-0.05, 0) is 17.2 Å². The number of alkyl carbamates (subject to hydrolysis) is 1. The highest BCUT2D eigenvalue weighted by Crippen LogP contribution is 2.15. The zero-order chi connectivity index (χ0) is 17.9. The molecule has 0 aliphatic heterocycles. The van der Waals surface area contributed by atoms with Crippen molar-refractivity contribution in [2.24, 2.45) is 0 Å². The predicted octanol–water partition coefficient (Wildman–Crippen LogP) is 3.46. The van der Waals surface area contributed by atoms with E-state index in [1.807, 2.05) is 48.5 Å². The molecule has 0 spiro atoms. The van der Waals surface area contributed by atoms with Crippen molar-refractivity contribution in [3.05, 3.63) is 65.7 Å². The van der Waals surface area contributed by atoms with Crippen LogP contribution in [0.25, 0.3) is 0 Å². The highest BCUT2D eigenvalue weighted by molar-refractivity contribution is 5.91. The number of benzene rings is 2. The fourth-order valence-electron chi connectivity index (χ4n) is 2.14. The lowest BCUT2D eigenvalue weighted by molar-refractivity contribution is -0.116. The Morgan fingerprint density at radius 2 is 1.76 bits per heavy atom. The van der Waals surface area contributed by atoms with E-state index in [4.69, 9.17) is 11.2 Å². The topological polar surface area (TPSA) is 67.4 Å². The van der Waals surface area contributed by atoms with Crippen LogP contribution in [0.4, 0.5) is 10.5 Å². The first kappa shape index (κ1) is 18.1. The molecule has 0 heterocycles. The van der Waals surface area contributed by atoms with Crippen LogP contribution in [-0.2, 0) is 22.7 Å². The van der Waals surface area contributed by atoms with Gasteiger partial charge in [0.1, 0.15) is 6.61 Å². The minimum absolute atomic E-state index is 0.156. The molecular formula is C20H20N2O3. The van der Waals surface area contributed by atoms with Crippen LogP contribution in [0.15, 0.2) is 54.6 Å². The maximum atomic E-state index is 11.8. The molecule has 5 heteroatoms. The molecule has 0 aromatic heterocycles. The summed E-state index contributed by atoms with van der Waals surface area (Å²) in [5, 5.41) is 5.48. The minimum atomic E-state index is -0.516. The van der Waals surface area contributed by atoms with Crippen molar-refractivity contribution in [2.75, 3.05) is 5.32 Å². The van der Waals surface area contributed by atoms with Gasteiger partial charge in [0.2, 0.25) is 5.91 Å². The maximum Gasteiger partial charge on any atom is 0.407 e. The third-order valence-electron chi connectivity index (χ3n) is 3.42. The molecule has 0 aliphatic carbocycles.